The van der Waals surface area contributed by atoms with Gasteiger partial charge in [0, 0.05) is 33.9 Å². The third-order valence-electron chi connectivity index (χ3n) is 4.53. The highest BCUT2D eigenvalue weighted by molar-refractivity contribution is 9.10. The van der Waals surface area contributed by atoms with Crippen LogP contribution in [-0.2, 0) is 4.79 Å². The fourth-order valence-electron chi connectivity index (χ4n) is 3.19. The molecule has 3 rings (SSSR count). The summed E-state index contributed by atoms with van der Waals surface area (Å²) < 4.78 is 0.886. The van der Waals surface area contributed by atoms with Gasteiger partial charge in [-0.05, 0) is 65.2 Å². The van der Waals surface area contributed by atoms with E-state index >= 15 is 0 Å². The van der Waals surface area contributed by atoms with Crippen molar-refractivity contribution in [3.05, 3.63) is 40.6 Å². The summed E-state index contributed by atoms with van der Waals surface area (Å²) in [7, 11) is 0.405. The van der Waals surface area contributed by atoms with E-state index in [2.05, 4.69) is 31.5 Å². The van der Waals surface area contributed by atoms with E-state index in [9.17, 15) is 9.59 Å². The Bertz CT molecular complexity index is 748. The van der Waals surface area contributed by atoms with Crippen LogP contribution in [-0.4, -0.2) is 36.6 Å². The second kappa shape index (κ2) is 7.90. The summed E-state index contributed by atoms with van der Waals surface area (Å²) in [5.74, 6) is -0.0371. The lowest BCUT2D eigenvalue weighted by molar-refractivity contribution is 0.0925. The van der Waals surface area contributed by atoms with E-state index in [4.69, 9.17) is 0 Å². The van der Waals surface area contributed by atoms with Crippen molar-refractivity contribution >= 4 is 46.2 Å². The van der Waals surface area contributed by atoms with Crippen LogP contribution in [0.3, 0.4) is 0 Å². The normalized spacial score (nSPS) is 20.5. The van der Waals surface area contributed by atoms with E-state index in [1.165, 1.54) is 0 Å². The molecule has 0 spiro atoms. The van der Waals surface area contributed by atoms with Crippen LogP contribution >= 0.6 is 15.9 Å². The van der Waals surface area contributed by atoms with Gasteiger partial charge >= 0.3 is 0 Å². The number of halogens is 1. The van der Waals surface area contributed by atoms with Crippen LogP contribution in [0.15, 0.2) is 35.1 Å². The average Bonchev–Trinajstić information content (AvgIpc) is 2.61. The maximum atomic E-state index is 12.5. The Morgan fingerprint density at radius 2 is 1.96 bits per heavy atom. The molecule has 0 saturated heterocycles. The van der Waals surface area contributed by atoms with Gasteiger partial charge in [0.1, 0.15) is 0 Å². The van der Waals surface area contributed by atoms with Gasteiger partial charge in [0.25, 0.3) is 13.3 Å². The van der Waals surface area contributed by atoms with E-state index in [1.807, 2.05) is 18.2 Å². The molecule has 1 aromatic carbocycles. The highest BCUT2D eigenvalue weighted by Crippen LogP contribution is 2.24. The zero-order valence-electron chi connectivity index (χ0n) is 13.3. The van der Waals surface area contributed by atoms with E-state index in [0.717, 1.165) is 47.1 Å². The number of carbonyl (C=O) groups is 2. The Morgan fingerprint density at radius 3 is 2.71 bits per heavy atom. The molecule has 5 nitrogen and oxygen atoms in total. The van der Waals surface area contributed by atoms with E-state index < -0.39 is 0 Å². The summed E-state index contributed by atoms with van der Waals surface area (Å²) in [6.07, 6.45) is 8.24. The average molecular weight is 388 g/mol. The minimum absolute atomic E-state index is 0.0371. The summed E-state index contributed by atoms with van der Waals surface area (Å²) in [4.78, 5) is 27.1. The molecule has 0 atom stereocenters. The molecule has 1 aliphatic rings. The van der Waals surface area contributed by atoms with Crippen LogP contribution in [0.2, 0.25) is 0 Å². The van der Waals surface area contributed by atoms with E-state index in [1.54, 1.807) is 12.4 Å². The number of hydrogen-bond donors (Lipinski definition) is 2. The molecule has 0 bridgehead atoms. The van der Waals surface area contributed by atoms with Crippen LogP contribution in [0.1, 0.15) is 36.0 Å². The molecule has 1 fully saturated rings. The Balaban J connectivity index is 1.61. The number of rotatable bonds is 5. The molecule has 1 aromatic heterocycles. The number of pyridine rings is 1. The van der Waals surface area contributed by atoms with Crippen molar-refractivity contribution in [1.29, 1.82) is 0 Å². The third-order valence-corrected chi connectivity index (χ3v) is 5.16. The molecule has 24 heavy (non-hydrogen) atoms. The van der Waals surface area contributed by atoms with E-state index in [-0.39, 0.29) is 11.9 Å². The lowest BCUT2D eigenvalue weighted by Gasteiger charge is -2.29. The topological polar surface area (TPSA) is 71.1 Å². The molecule has 7 heteroatoms. The second-order valence-corrected chi connectivity index (χ2v) is 7.01. The van der Waals surface area contributed by atoms with Crippen LogP contribution in [0.25, 0.3) is 10.8 Å². The van der Waals surface area contributed by atoms with Gasteiger partial charge in [-0.25, -0.2) is 0 Å². The first-order chi connectivity index (χ1) is 11.7. The predicted octanol–water partition coefficient (Wildman–Crippen LogP) is 2.17. The first-order valence-electron chi connectivity index (χ1n) is 8.18. The Morgan fingerprint density at radius 1 is 1.21 bits per heavy atom. The minimum Gasteiger partial charge on any atom is -0.350 e. The number of aromatic nitrogens is 1. The van der Waals surface area contributed by atoms with Crippen molar-refractivity contribution in [2.45, 2.75) is 37.8 Å². The molecule has 2 N–H and O–H groups in total. The summed E-state index contributed by atoms with van der Waals surface area (Å²) in [6, 6.07) is 6.23. The molecule has 0 unspecified atom stereocenters. The summed E-state index contributed by atoms with van der Waals surface area (Å²) in [6.45, 7) is 0. The number of fused-ring (bicyclic) bond motifs is 1. The molecule has 1 heterocycles. The Hall–Kier alpha value is -1.73. The van der Waals surface area contributed by atoms with Crippen molar-refractivity contribution in [3.63, 3.8) is 0 Å². The number of carbonyl (C=O) groups excluding carboxylic acids is 2. The van der Waals surface area contributed by atoms with Crippen molar-refractivity contribution < 1.29 is 9.59 Å². The van der Waals surface area contributed by atoms with Crippen molar-refractivity contribution in [2.24, 2.45) is 0 Å². The largest absolute Gasteiger partial charge is 0.350 e. The molecule has 0 radical (unpaired) electrons. The summed E-state index contributed by atoms with van der Waals surface area (Å²) in [5.41, 5.74) is 0.663. The van der Waals surface area contributed by atoms with Gasteiger partial charge in [-0.15, -0.1) is 0 Å². The summed E-state index contributed by atoms with van der Waals surface area (Å²) >= 11 is 3.48. The van der Waals surface area contributed by atoms with Gasteiger partial charge in [-0.2, -0.15) is 0 Å². The highest BCUT2D eigenvalue weighted by Gasteiger charge is 2.22. The summed E-state index contributed by atoms with van der Waals surface area (Å²) in [5, 5.41) is 8.33. The van der Waals surface area contributed by atoms with Crippen LogP contribution in [0.4, 0.5) is 0 Å². The monoisotopic (exact) mass is 387 g/mol. The molecular formula is C17H19BBrN3O2. The highest BCUT2D eigenvalue weighted by atomic mass is 79.9. The van der Waals surface area contributed by atoms with E-state index in [0.29, 0.717) is 19.0 Å². The van der Waals surface area contributed by atoms with Crippen molar-refractivity contribution in [2.75, 3.05) is 0 Å². The lowest BCUT2D eigenvalue weighted by Crippen LogP contribution is -2.43. The number of nitrogens with one attached hydrogen (secondary N) is 2. The van der Waals surface area contributed by atoms with Crippen molar-refractivity contribution in [3.8, 4) is 0 Å². The molecule has 1 saturated carbocycles. The zero-order valence-corrected chi connectivity index (χ0v) is 14.9. The number of benzene rings is 1. The van der Waals surface area contributed by atoms with Crippen LogP contribution < -0.4 is 10.5 Å². The first-order valence-corrected chi connectivity index (χ1v) is 8.98. The molecule has 124 valence electrons. The lowest BCUT2D eigenvalue weighted by atomic mass is 9.86. The maximum Gasteiger partial charge on any atom is 0.278 e. The van der Waals surface area contributed by atoms with Gasteiger partial charge in [0.05, 0.1) is 6.19 Å². The van der Waals surface area contributed by atoms with Gasteiger partial charge in [0.2, 0.25) is 0 Å². The van der Waals surface area contributed by atoms with Gasteiger partial charge in [0.15, 0.2) is 0 Å². The molecule has 1 amide bonds. The predicted molar refractivity (Wildman–Crippen MR) is 100.0 cm³/mol. The number of hydrogen-bond acceptors (Lipinski definition) is 4. The Labute approximate surface area is 150 Å². The zero-order chi connectivity index (χ0) is 16.9. The smallest absolute Gasteiger partial charge is 0.278 e. The molecule has 1 aliphatic carbocycles. The maximum absolute atomic E-state index is 12.5. The van der Waals surface area contributed by atoms with Crippen molar-refractivity contribution in [1.82, 2.24) is 15.5 Å². The van der Waals surface area contributed by atoms with Gasteiger partial charge in [-0.1, -0.05) is 6.07 Å². The third kappa shape index (κ3) is 4.02. The van der Waals surface area contributed by atoms with Crippen LogP contribution in [0, 0.1) is 0 Å². The number of nitrogens with zero attached hydrogens (tertiary/aromatic N) is 1. The number of amides is 1. The Kier molecular flexibility index (Phi) is 5.63. The second-order valence-electron chi connectivity index (χ2n) is 6.15. The van der Waals surface area contributed by atoms with Crippen LogP contribution in [0.5, 0.6) is 0 Å². The molecule has 2 aromatic rings. The quantitative estimate of drug-likeness (QED) is 0.609. The standard InChI is InChI=1S/C17H19BBrN3O2/c19-16-9-20-8-12-2-1-11(7-15(12)16)17(24)21-13-3-5-14(6-4-13)22-18-10-23/h1-2,7-10,13-14,18,22H,3-6H2,(H,21,24)/t13-,14-. The van der Waals surface area contributed by atoms with Gasteiger partial charge in [-0.3, -0.25) is 9.78 Å². The molecule has 0 aliphatic heterocycles. The SMILES string of the molecule is O=CBN[C@H]1CC[C@H](NC(=O)c2ccc3cncc(Br)c3c2)CC1. The fraction of sp³-hybridized carbons (Fsp3) is 0.353. The van der Waals surface area contributed by atoms with Gasteiger partial charge < -0.3 is 15.3 Å². The first kappa shape index (κ1) is 17.1. The fourth-order valence-corrected chi connectivity index (χ4v) is 3.66. The molecular weight excluding hydrogens is 369 g/mol. The minimum atomic E-state index is -0.0371.